The second-order valence-electron chi connectivity index (χ2n) is 9.55. The second kappa shape index (κ2) is 9.27. The molecule has 1 amide bonds. The van der Waals surface area contributed by atoms with E-state index >= 15 is 0 Å². The van der Waals surface area contributed by atoms with Crippen molar-refractivity contribution in [2.24, 2.45) is 11.8 Å². The number of hydrogen-bond donors (Lipinski definition) is 1. The number of benzene rings is 2. The zero-order valence-electron chi connectivity index (χ0n) is 19.4. The van der Waals surface area contributed by atoms with Crippen LogP contribution in [0.1, 0.15) is 52.9 Å². The SMILES string of the molecule is O=C(Nc1nccs1)c1ccc([C@@]2(c3ccc(OCc4ccccn4)cc3)C[C@@H]3CC[C@H]2C3)cc1. The number of pyridine rings is 1. The van der Waals surface area contributed by atoms with Gasteiger partial charge >= 0.3 is 0 Å². The number of carbonyl (C=O) groups excluding carboxylic acids is 1. The average molecular weight is 482 g/mol. The average Bonchev–Trinajstić information content (AvgIpc) is 3.67. The molecule has 2 saturated carbocycles. The van der Waals surface area contributed by atoms with E-state index in [-0.39, 0.29) is 11.3 Å². The molecule has 6 rings (SSSR count). The Labute approximate surface area is 209 Å². The minimum absolute atomic E-state index is 0.00720. The highest BCUT2D eigenvalue weighted by molar-refractivity contribution is 7.13. The maximum absolute atomic E-state index is 12.7. The van der Waals surface area contributed by atoms with E-state index in [1.54, 1.807) is 12.4 Å². The van der Waals surface area contributed by atoms with Crippen LogP contribution >= 0.6 is 11.3 Å². The molecule has 2 aromatic heterocycles. The van der Waals surface area contributed by atoms with E-state index in [9.17, 15) is 4.79 Å². The van der Waals surface area contributed by atoms with E-state index in [0.29, 0.717) is 23.2 Å². The number of hydrogen-bond acceptors (Lipinski definition) is 5. The molecule has 0 aliphatic heterocycles. The Morgan fingerprint density at radius 3 is 2.40 bits per heavy atom. The Bertz CT molecular complexity index is 1290. The monoisotopic (exact) mass is 481 g/mol. The Morgan fingerprint density at radius 2 is 1.77 bits per heavy atom. The number of ether oxygens (including phenoxy) is 1. The number of amides is 1. The van der Waals surface area contributed by atoms with Gasteiger partial charge in [-0.2, -0.15) is 0 Å². The molecular formula is C29H27N3O2S. The zero-order valence-corrected chi connectivity index (χ0v) is 20.2. The lowest BCUT2D eigenvalue weighted by Crippen LogP contribution is -2.34. The van der Waals surface area contributed by atoms with Crippen LogP contribution in [0.25, 0.3) is 0 Å². The molecule has 2 aromatic carbocycles. The molecule has 2 bridgehead atoms. The molecule has 4 aromatic rings. The summed E-state index contributed by atoms with van der Waals surface area (Å²) in [4.78, 5) is 21.1. The highest BCUT2D eigenvalue weighted by Gasteiger charge is 2.52. The molecule has 3 atom stereocenters. The van der Waals surface area contributed by atoms with Crippen LogP contribution in [0.2, 0.25) is 0 Å². The first-order valence-electron chi connectivity index (χ1n) is 12.2. The third-order valence-corrected chi connectivity index (χ3v) is 8.33. The van der Waals surface area contributed by atoms with Crippen molar-refractivity contribution in [3.63, 3.8) is 0 Å². The first kappa shape index (κ1) is 22.0. The van der Waals surface area contributed by atoms with Gasteiger partial charge in [-0.15, -0.1) is 11.3 Å². The smallest absolute Gasteiger partial charge is 0.257 e. The summed E-state index contributed by atoms with van der Waals surface area (Å²) in [5.74, 6) is 2.13. The fourth-order valence-corrected chi connectivity index (χ4v) is 6.59. The normalized spacial score (nSPS) is 22.7. The lowest BCUT2D eigenvalue weighted by atomic mass is 9.64. The van der Waals surface area contributed by atoms with Crippen LogP contribution in [0.15, 0.2) is 84.5 Å². The van der Waals surface area contributed by atoms with Gasteiger partial charge in [0.1, 0.15) is 12.4 Å². The summed E-state index contributed by atoms with van der Waals surface area (Å²) in [6.45, 7) is 0.459. The third-order valence-electron chi connectivity index (χ3n) is 7.65. The molecule has 0 spiro atoms. The lowest BCUT2D eigenvalue weighted by Gasteiger charge is -2.39. The Balaban J connectivity index is 1.24. The van der Waals surface area contributed by atoms with E-state index in [4.69, 9.17) is 4.74 Å². The van der Waals surface area contributed by atoms with E-state index in [2.05, 4.69) is 51.7 Å². The summed E-state index contributed by atoms with van der Waals surface area (Å²) in [6.07, 6.45) is 8.51. The number of aromatic nitrogens is 2. The van der Waals surface area contributed by atoms with E-state index in [1.165, 1.54) is 41.7 Å². The number of nitrogens with one attached hydrogen (secondary N) is 1. The van der Waals surface area contributed by atoms with Gasteiger partial charge in [0, 0.05) is 28.8 Å². The van der Waals surface area contributed by atoms with Crippen molar-refractivity contribution in [1.82, 2.24) is 9.97 Å². The van der Waals surface area contributed by atoms with Gasteiger partial charge in [-0.1, -0.05) is 36.8 Å². The molecule has 176 valence electrons. The minimum Gasteiger partial charge on any atom is -0.487 e. The molecule has 2 fully saturated rings. The van der Waals surface area contributed by atoms with Crippen LogP contribution < -0.4 is 10.1 Å². The summed E-state index contributed by atoms with van der Waals surface area (Å²) in [5, 5.41) is 5.35. The molecule has 6 heteroatoms. The summed E-state index contributed by atoms with van der Waals surface area (Å²) < 4.78 is 5.98. The molecule has 5 nitrogen and oxygen atoms in total. The minimum atomic E-state index is -0.122. The summed E-state index contributed by atoms with van der Waals surface area (Å²) in [7, 11) is 0. The highest BCUT2D eigenvalue weighted by Crippen LogP contribution is 2.60. The van der Waals surface area contributed by atoms with Crippen LogP contribution in [0.3, 0.4) is 0 Å². The zero-order chi connectivity index (χ0) is 23.7. The van der Waals surface area contributed by atoms with Crippen molar-refractivity contribution in [3.8, 4) is 5.75 Å². The Kier molecular flexibility index (Phi) is 5.82. The van der Waals surface area contributed by atoms with Crippen LogP contribution in [0, 0.1) is 11.8 Å². The maximum atomic E-state index is 12.7. The first-order chi connectivity index (χ1) is 17.2. The van der Waals surface area contributed by atoms with Gasteiger partial charge in [-0.25, -0.2) is 4.98 Å². The van der Waals surface area contributed by atoms with Gasteiger partial charge in [-0.3, -0.25) is 15.1 Å². The fourth-order valence-electron chi connectivity index (χ4n) is 6.07. The van der Waals surface area contributed by atoms with Crippen LogP contribution in [0.5, 0.6) is 5.75 Å². The molecule has 0 saturated heterocycles. The quantitative estimate of drug-likeness (QED) is 0.328. The third kappa shape index (κ3) is 4.23. The molecule has 2 heterocycles. The number of anilines is 1. The lowest BCUT2D eigenvalue weighted by molar-refractivity contribution is 0.102. The standard InChI is InChI=1S/C29H27N3O2S/c33-27(32-28-31-15-16-35-28)21-5-8-22(9-6-21)29(18-20-4-7-24(29)17-20)23-10-12-26(13-11-23)34-19-25-3-1-2-14-30-25/h1-3,5-6,8-16,20,24H,4,7,17-19H2,(H,31,32,33)/t20-,24+,29-/m1/s1. The maximum Gasteiger partial charge on any atom is 0.257 e. The van der Waals surface area contributed by atoms with Crippen molar-refractivity contribution < 1.29 is 9.53 Å². The number of nitrogens with zero attached hydrogens (tertiary/aromatic N) is 2. The fraction of sp³-hybridized carbons (Fsp3) is 0.276. The molecule has 35 heavy (non-hydrogen) atoms. The topological polar surface area (TPSA) is 64.1 Å². The molecule has 2 aliphatic carbocycles. The number of rotatable bonds is 7. The Morgan fingerprint density at radius 1 is 0.971 bits per heavy atom. The van der Waals surface area contributed by atoms with Gasteiger partial charge < -0.3 is 4.74 Å². The Hall–Kier alpha value is -3.51. The van der Waals surface area contributed by atoms with Crippen LogP contribution in [-0.2, 0) is 12.0 Å². The molecule has 0 radical (unpaired) electrons. The van der Waals surface area contributed by atoms with Gasteiger partial charge in [0.05, 0.1) is 5.69 Å². The van der Waals surface area contributed by atoms with Crippen molar-refractivity contribution in [3.05, 3.63) is 107 Å². The van der Waals surface area contributed by atoms with E-state index < -0.39 is 0 Å². The predicted molar refractivity (Wildman–Crippen MR) is 138 cm³/mol. The molecule has 0 unspecified atom stereocenters. The molecular weight excluding hydrogens is 454 g/mol. The van der Waals surface area contributed by atoms with Crippen LogP contribution in [-0.4, -0.2) is 15.9 Å². The van der Waals surface area contributed by atoms with Gasteiger partial charge in [0.2, 0.25) is 0 Å². The van der Waals surface area contributed by atoms with Crippen LogP contribution in [0.4, 0.5) is 5.13 Å². The number of carbonyl (C=O) groups is 1. The molecule has 1 N–H and O–H groups in total. The largest absolute Gasteiger partial charge is 0.487 e. The van der Waals surface area contributed by atoms with Gasteiger partial charge in [0.25, 0.3) is 5.91 Å². The summed E-state index contributed by atoms with van der Waals surface area (Å²) in [5.41, 5.74) is 4.21. The van der Waals surface area contributed by atoms with E-state index in [1.807, 2.05) is 35.7 Å². The van der Waals surface area contributed by atoms with Gasteiger partial charge in [-0.05, 0) is 78.6 Å². The van der Waals surface area contributed by atoms with E-state index in [0.717, 1.165) is 23.8 Å². The number of thiazole rings is 1. The first-order valence-corrected chi connectivity index (χ1v) is 13.0. The second-order valence-corrected chi connectivity index (χ2v) is 10.4. The molecule has 2 aliphatic rings. The highest BCUT2D eigenvalue weighted by atomic mass is 32.1. The summed E-state index contributed by atoms with van der Waals surface area (Å²) >= 11 is 1.42. The van der Waals surface area contributed by atoms with Crippen molar-refractivity contribution in [2.75, 3.05) is 5.32 Å². The van der Waals surface area contributed by atoms with Crippen molar-refractivity contribution in [2.45, 2.75) is 37.7 Å². The van der Waals surface area contributed by atoms with Crippen molar-refractivity contribution >= 4 is 22.4 Å². The van der Waals surface area contributed by atoms with Gasteiger partial charge in [0.15, 0.2) is 5.13 Å². The number of fused-ring (bicyclic) bond motifs is 2. The van der Waals surface area contributed by atoms with Crippen molar-refractivity contribution in [1.29, 1.82) is 0 Å². The predicted octanol–water partition coefficient (Wildman–Crippen LogP) is 6.48. The summed E-state index contributed by atoms with van der Waals surface area (Å²) in [6, 6.07) is 22.7.